The van der Waals surface area contributed by atoms with E-state index in [0.717, 1.165) is 41.0 Å². The average Bonchev–Trinajstić information content (AvgIpc) is 3.48. The van der Waals surface area contributed by atoms with E-state index in [1.807, 2.05) is 20.0 Å². The van der Waals surface area contributed by atoms with Crippen molar-refractivity contribution in [3.63, 3.8) is 0 Å². The number of halogens is 1. The predicted molar refractivity (Wildman–Crippen MR) is 142 cm³/mol. The Morgan fingerprint density at radius 2 is 2.03 bits per heavy atom. The van der Waals surface area contributed by atoms with Gasteiger partial charge in [0.25, 0.3) is 11.8 Å². The molecule has 196 valence electrons. The number of hydrogen-bond donors (Lipinski definition) is 4. The number of amides is 2. The molecule has 3 atom stereocenters. The highest BCUT2D eigenvalue weighted by Gasteiger charge is 2.46. The number of aromatic nitrogens is 2. The topological polar surface area (TPSA) is 127 Å². The largest absolute Gasteiger partial charge is 0.481 e. The summed E-state index contributed by atoms with van der Waals surface area (Å²) >= 11 is 7.46. The second kappa shape index (κ2) is 10.1. The van der Waals surface area contributed by atoms with Crippen molar-refractivity contribution >= 4 is 51.6 Å². The van der Waals surface area contributed by atoms with Crippen molar-refractivity contribution in [3.05, 3.63) is 50.6 Å². The lowest BCUT2D eigenvalue weighted by atomic mass is 9.68. The maximum atomic E-state index is 13.3. The molecule has 0 radical (unpaired) electrons. The lowest BCUT2D eigenvalue weighted by Crippen LogP contribution is -2.58. The average molecular weight is 544 g/mol. The summed E-state index contributed by atoms with van der Waals surface area (Å²) in [6.07, 6.45) is 2.31. The number of rotatable bonds is 6. The number of benzene rings is 1. The monoisotopic (exact) mass is 543 g/mol. The highest BCUT2D eigenvalue weighted by atomic mass is 35.5. The lowest BCUT2D eigenvalue weighted by Gasteiger charge is -2.42. The molecule has 3 heterocycles. The standard InChI is InChI=1S/C26H30ClN5O4S/c1-3-26(25(35)36)8-6-17(29-22(33)19-11-14-10-15(27)4-5-16(14)28-19)20(12-26)30-23(34)24-31-18-7-9-32(2)13-21(18)37-24/h4-5,10-11,17,20,28H,3,6-9,12-13H2,1-2H3,(H,29,33)(H,30,34)(H,35,36)/t17-,20+,26-/m0/s1. The second-order valence-electron chi connectivity index (χ2n) is 10.1. The van der Waals surface area contributed by atoms with Gasteiger partial charge >= 0.3 is 5.97 Å². The molecule has 1 aliphatic carbocycles. The minimum Gasteiger partial charge on any atom is -0.481 e. The summed E-state index contributed by atoms with van der Waals surface area (Å²) < 4.78 is 0. The van der Waals surface area contributed by atoms with Gasteiger partial charge in [-0.05, 0) is 57.0 Å². The van der Waals surface area contributed by atoms with Crippen molar-refractivity contribution < 1.29 is 19.5 Å². The van der Waals surface area contributed by atoms with Gasteiger partial charge < -0.3 is 25.6 Å². The van der Waals surface area contributed by atoms with E-state index in [2.05, 4.69) is 25.5 Å². The van der Waals surface area contributed by atoms with E-state index in [9.17, 15) is 19.5 Å². The molecule has 3 aromatic rings. The maximum Gasteiger partial charge on any atom is 0.309 e. The highest BCUT2D eigenvalue weighted by Crippen LogP contribution is 2.40. The zero-order valence-electron chi connectivity index (χ0n) is 20.8. The van der Waals surface area contributed by atoms with Gasteiger partial charge in [0.15, 0.2) is 5.01 Å². The smallest absolute Gasteiger partial charge is 0.309 e. The number of aliphatic carboxylic acids is 1. The molecule has 1 aromatic carbocycles. The Bertz CT molecular complexity index is 1370. The van der Waals surface area contributed by atoms with Gasteiger partial charge in [-0.15, -0.1) is 11.3 Å². The Morgan fingerprint density at radius 1 is 1.24 bits per heavy atom. The van der Waals surface area contributed by atoms with Crippen LogP contribution in [0, 0.1) is 5.41 Å². The first kappa shape index (κ1) is 25.7. The first-order valence-corrected chi connectivity index (χ1v) is 13.7. The number of fused-ring (bicyclic) bond motifs is 2. The predicted octanol–water partition coefficient (Wildman–Crippen LogP) is 3.83. The van der Waals surface area contributed by atoms with Crippen LogP contribution in [0.5, 0.6) is 0 Å². The van der Waals surface area contributed by atoms with E-state index in [1.54, 1.807) is 18.2 Å². The fraction of sp³-hybridized carbons (Fsp3) is 0.462. The molecule has 4 N–H and O–H groups in total. The first-order chi connectivity index (χ1) is 17.7. The molecular weight excluding hydrogens is 514 g/mol. The number of carbonyl (C=O) groups is 3. The van der Waals surface area contributed by atoms with Crippen LogP contribution in [0.15, 0.2) is 24.3 Å². The van der Waals surface area contributed by atoms with Crippen LogP contribution in [-0.4, -0.2) is 63.4 Å². The molecule has 9 nitrogen and oxygen atoms in total. The highest BCUT2D eigenvalue weighted by molar-refractivity contribution is 7.13. The maximum absolute atomic E-state index is 13.3. The summed E-state index contributed by atoms with van der Waals surface area (Å²) in [6.45, 7) is 3.51. The van der Waals surface area contributed by atoms with E-state index in [-0.39, 0.29) is 18.2 Å². The van der Waals surface area contributed by atoms with Crippen molar-refractivity contribution in [1.82, 2.24) is 25.5 Å². The number of hydrogen-bond acceptors (Lipinski definition) is 6. The van der Waals surface area contributed by atoms with Gasteiger partial charge in [0.05, 0.1) is 17.2 Å². The molecule has 2 aromatic heterocycles. The van der Waals surface area contributed by atoms with Crippen LogP contribution >= 0.6 is 22.9 Å². The van der Waals surface area contributed by atoms with E-state index in [4.69, 9.17) is 11.6 Å². The van der Waals surface area contributed by atoms with Crippen LogP contribution in [0.2, 0.25) is 5.02 Å². The number of H-pyrrole nitrogens is 1. The Kier molecular flexibility index (Phi) is 6.99. The molecule has 1 saturated carbocycles. The third-order valence-corrected chi connectivity index (χ3v) is 9.05. The molecule has 5 rings (SSSR count). The summed E-state index contributed by atoms with van der Waals surface area (Å²) in [5.74, 6) is -1.52. The minimum absolute atomic E-state index is 0.228. The van der Waals surface area contributed by atoms with Crippen LogP contribution in [0.3, 0.4) is 0 Å². The van der Waals surface area contributed by atoms with Crippen LogP contribution in [-0.2, 0) is 17.8 Å². The summed E-state index contributed by atoms with van der Waals surface area (Å²) in [5, 5.41) is 17.9. The molecular formula is C26H30ClN5O4S. The Labute approximate surface area is 223 Å². The van der Waals surface area contributed by atoms with Crippen LogP contribution < -0.4 is 10.6 Å². The summed E-state index contributed by atoms with van der Waals surface area (Å²) in [5.41, 5.74) is 1.16. The summed E-state index contributed by atoms with van der Waals surface area (Å²) in [7, 11) is 2.04. The van der Waals surface area contributed by atoms with Gasteiger partial charge in [0.2, 0.25) is 0 Å². The van der Waals surface area contributed by atoms with Gasteiger partial charge in [-0.25, -0.2) is 4.98 Å². The van der Waals surface area contributed by atoms with Gasteiger partial charge in [-0.2, -0.15) is 0 Å². The molecule has 37 heavy (non-hydrogen) atoms. The summed E-state index contributed by atoms with van der Waals surface area (Å²) in [6, 6.07) is 6.10. The van der Waals surface area contributed by atoms with Crippen molar-refractivity contribution in [2.45, 2.75) is 57.7 Å². The molecule has 1 fully saturated rings. The van der Waals surface area contributed by atoms with Crippen molar-refractivity contribution in [1.29, 1.82) is 0 Å². The number of carbonyl (C=O) groups excluding carboxylic acids is 2. The number of aromatic amines is 1. The van der Waals surface area contributed by atoms with E-state index in [1.165, 1.54) is 11.3 Å². The molecule has 0 unspecified atom stereocenters. The van der Waals surface area contributed by atoms with Crippen molar-refractivity contribution in [2.24, 2.45) is 5.41 Å². The fourth-order valence-electron chi connectivity index (χ4n) is 5.41. The molecule has 2 aliphatic rings. The third-order valence-electron chi connectivity index (χ3n) is 7.74. The normalized spacial score (nSPS) is 24.0. The number of carboxylic acids is 1. The summed E-state index contributed by atoms with van der Waals surface area (Å²) in [4.78, 5) is 49.6. The molecule has 0 spiro atoms. The van der Waals surface area contributed by atoms with E-state index < -0.39 is 23.5 Å². The molecule has 1 aliphatic heterocycles. The Morgan fingerprint density at radius 3 is 2.78 bits per heavy atom. The fourth-order valence-corrected chi connectivity index (χ4v) is 6.68. The first-order valence-electron chi connectivity index (χ1n) is 12.5. The quantitative estimate of drug-likeness (QED) is 0.374. The number of carboxylic acid groups (broad SMARTS) is 1. The second-order valence-corrected chi connectivity index (χ2v) is 11.7. The number of nitrogens with zero attached hydrogens (tertiary/aromatic N) is 2. The molecule has 0 bridgehead atoms. The zero-order valence-corrected chi connectivity index (χ0v) is 22.3. The number of thiazole rings is 1. The molecule has 0 saturated heterocycles. The van der Waals surface area contributed by atoms with E-state index in [0.29, 0.717) is 35.0 Å². The van der Waals surface area contributed by atoms with Crippen LogP contribution in [0.1, 0.15) is 63.5 Å². The Balaban J connectivity index is 1.36. The van der Waals surface area contributed by atoms with Crippen molar-refractivity contribution in [3.8, 4) is 0 Å². The van der Waals surface area contributed by atoms with Gasteiger partial charge in [-0.3, -0.25) is 14.4 Å². The third kappa shape index (κ3) is 5.10. The zero-order chi connectivity index (χ0) is 26.3. The van der Waals surface area contributed by atoms with Gasteiger partial charge in [0.1, 0.15) is 5.69 Å². The van der Waals surface area contributed by atoms with Crippen LogP contribution in [0.25, 0.3) is 10.9 Å². The van der Waals surface area contributed by atoms with Crippen molar-refractivity contribution in [2.75, 3.05) is 13.6 Å². The van der Waals surface area contributed by atoms with Crippen LogP contribution in [0.4, 0.5) is 0 Å². The Hall–Kier alpha value is -2.95. The molecule has 2 amide bonds. The molecule has 11 heteroatoms. The lowest BCUT2D eigenvalue weighted by molar-refractivity contribution is -0.152. The van der Waals surface area contributed by atoms with E-state index >= 15 is 0 Å². The van der Waals surface area contributed by atoms with Gasteiger partial charge in [0, 0.05) is 46.4 Å². The SMILES string of the molecule is CC[C@]1(C(=O)O)CC[C@H](NC(=O)c2cc3cc(Cl)ccc3[nH]2)[C@H](NC(=O)c2nc3c(s2)CN(C)CC3)C1. The van der Waals surface area contributed by atoms with Gasteiger partial charge in [-0.1, -0.05) is 18.5 Å². The number of nitrogens with one attached hydrogen (secondary N) is 3. The number of likely N-dealkylation sites (N-methyl/N-ethyl adjacent to an activating group) is 1. The minimum atomic E-state index is -0.956.